The van der Waals surface area contributed by atoms with Gasteiger partial charge in [0, 0.05) is 0 Å². The van der Waals surface area contributed by atoms with Gasteiger partial charge in [0.1, 0.15) is 11.5 Å². The molecule has 1 aliphatic carbocycles. The predicted octanol–water partition coefficient (Wildman–Crippen LogP) is 4.25. The Labute approximate surface area is 146 Å². The number of hydrogen-bond donors (Lipinski definition) is 2. The van der Waals surface area contributed by atoms with E-state index >= 15 is 0 Å². The number of para-hydroxylation sites is 1. The van der Waals surface area contributed by atoms with Crippen LogP contribution in [0.3, 0.4) is 0 Å². The van der Waals surface area contributed by atoms with Gasteiger partial charge in [-0.05, 0) is 55.5 Å². The highest BCUT2D eigenvalue weighted by molar-refractivity contribution is 6.32. The van der Waals surface area contributed by atoms with Gasteiger partial charge in [-0.2, -0.15) is 0 Å². The Morgan fingerprint density at radius 3 is 2.92 bits per heavy atom. The van der Waals surface area contributed by atoms with Crippen LogP contribution in [-0.4, -0.2) is 17.6 Å². The third kappa shape index (κ3) is 3.20. The number of halogens is 1. The molecule has 1 amide bonds. The van der Waals surface area contributed by atoms with Crippen molar-refractivity contribution < 1.29 is 14.6 Å². The predicted molar refractivity (Wildman–Crippen MR) is 93.9 cm³/mol. The molecule has 0 bridgehead atoms. The highest BCUT2D eigenvalue weighted by Gasteiger charge is 2.25. The van der Waals surface area contributed by atoms with Crippen LogP contribution in [0, 0.1) is 0 Å². The van der Waals surface area contributed by atoms with Gasteiger partial charge in [-0.25, -0.2) is 0 Å². The van der Waals surface area contributed by atoms with Gasteiger partial charge in [0.05, 0.1) is 23.2 Å². The SMILES string of the molecule is CCOc1cccc2c1CCCC2NC(=O)c1cccc(Cl)c1O. The summed E-state index contributed by atoms with van der Waals surface area (Å²) < 4.78 is 5.71. The summed E-state index contributed by atoms with van der Waals surface area (Å²) in [6.07, 6.45) is 2.78. The molecule has 5 heteroatoms. The van der Waals surface area contributed by atoms with Crippen LogP contribution in [0.15, 0.2) is 36.4 Å². The number of ether oxygens (including phenoxy) is 1. The maximum absolute atomic E-state index is 12.5. The summed E-state index contributed by atoms with van der Waals surface area (Å²) >= 11 is 5.89. The maximum atomic E-state index is 12.5. The van der Waals surface area contributed by atoms with Crippen molar-refractivity contribution in [1.29, 1.82) is 0 Å². The second-order valence-electron chi connectivity index (χ2n) is 5.81. The average molecular weight is 346 g/mol. The molecule has 0 heterocycles. The zero-order chi connectivity index (χ0) is 17.1. The zero-order valence-electron chi connectivity index (χ0n) is 13.5. The first kappa shape index (κ1) is 16.7. The normalized spacial score (nSPS) is 16.3. The molecule has 0 saturated heterocycles. The van der Waals surface area contributed by atoms with E-state index in [0.717, 1.165) is 36.1 Å². The Balaban J connectivity index is 1.86. The average Bonchev–Trinajstić information content (AvgIpc) is 2.58. The Hall–Kier alpha value is -2.20. The van der Waals surface area contributed by atoms with Gasteiger partial charge >= 0.3 is 0 Å². The number of benzene rings is 2. The van der Waals surface area contributed by atoms with Gasteiger partial charge in [0.15, 0.2) is 0 Å². The van der Waals surface area contributed by atoms with E-state index in [4.69, 9.17) is 16.3 Å². The van der Waals surface area contributed by atoms with E-state index in [1.807, 2.05) is 25.1 Å². The van der Waals surface area contributed by atoms with Crippen LogP contribution in [0.25, 0.3) is 0 Å². The molecule has 0 spiro atoms. The van der Waals surface area contributed by atoms with Crippen LogP contribution in [-0.2, 0) is 6.42 Å². The van der Waals surface area contributed by atoms with Crippen LogP contribution < -0.4 is 10.1 Å². The molecule has 2 aromatic carbocycles. The number of nitrogens with one attached hydrogen (secondary N) is 1. The van der Waals surface area contributed by atoms with Crippen LogP contribution >= 0.6 is 11.6 Å². The lowest BCUT2D eigenvalue weighted by atomic mass is 9.87. The van der Waals surface area contributed by atoms with Crippen molar-refractivity contribution in [2.75, 3.05) is 6.61 Å². The molecule has 126 valence electrons. The summed E-state index contributed by atoms with van der Waals surface area (Å²) in [7, 11) is 0. The van der Waals surface area contributed by atoms with Gasteiger partial charge in [-0.3, -0.25) is 4.79 Å². The zero-order valence-corrected chi connectivity index (χ0v) is 14.3. The Bertz CT molecular complexity index is 760. The summed E-state index contributed by atoms with van der Waals surface area (Å²) in [5.74, 6) is 0.380. The minimum atomic E-state index is -0.324. The van der Waals surface area contributed by atoms with Gasteiger partial charge in [0.2, 0.25) is 0 Å². The molecule has 4 nitrogen and oxygen atoms in total. The fourth-order valence-electron chi connectivity index (χ4n) is 3.19. The van der Waals surface area contributed by atoms with Crippen molar-refractivity contribution >= 4 is 17.5 Å². The molecule has 0 aliphatic heterocycles. The molecule has 2 N–H and O–H groups in total. The molecule has 0 aromatic heterocycles. The number of carbonyl (C=O) groups excluding carboxylic acids is 1. The van der Waals surface area contributed by atoms with E-state index in [-0.39, 0.29) is 28.3 Å². The number of phenolic OH excluding ortho intramolecular Hbond substituents is 1. The van der Waals surface area contributed by atoms with Crippen molar-refractivity contribution in [3.8, 4) is 11.5 Å². The monoisotopic (exact) mass is 345 g/mol. The lowest BCUT2D eigenvalue weighted by Crippen LogP contribution is -2.31. The van der Waals surface area contributed by atoms with E-state index < -0.39 is 0 Å². The molecule has 1 unspecified atom stereocenters. The summed E-state index contributed by atoms with van der Waals surface area (Å²) in [5.41, 5.74) is 2.43. The lowest BCUT2D eigenvalue weighted by Gasteiger charge is -2.28. The van der Waals surface area contributed by atoms with Crippen LogP contribution in [0.5, 0.6) is 11.5 Å². The highest BCUT2D eigenvalue weighted by atomic mass is 35.5. The quantitative estimate of drug-likeness (QED) is 0.870. The minimum absolute atomic E-state index is 0.0972. The fourth-order valence-corrected chi connectivity index (χ4v) is 3.36. The van der Waals surface area contributed by atoms with Crippen LogP contribution in [0.4, 0.5) is 0 Å². The lowest BCUT2D eigenvalue weighted by molar-refractivity contribution is 0.0930. The molecule has 2 aromatic rings. The largest absolute Gasteiger partial charge is 0.506 e. The molecule has 0 saturated carbocycles. The Morgan fingerprint density at radius 1 is 1.33 bits per heavy atom. The molecular weight excluding hydrogens is 326 g/mol. The van der Waals surface area contributed by atoms with E-state index in [1.165, 1.54) is 0 Å². The Kier molecular flexibility index (Phi) is 4.95. The summed E-state index contributed by atoms with van der Waals surface area (Å²) in [4.78, 5) is 12.5. The molecule has 1 aliphatic rings. The second kappa shape index (κ2) is 7.14. The van der Waals surface area contributed by atoms with Gasteiger partial charge in [-0.1, -0.05) is 29.8 Å². The van der Waals surface area contributed by atoms with E-state index in [0.29, 0.717) is 6.61 Å². The van der Waals surface area contributed by atoms with Crippen molar-refractivity contribution in [1.82, 2.24) is 5.32 Å². The summed E-state index contributed by atoms with van der Waals surface area (Å²) in [6.45, 7) is 2.58. The number of rotatable bonds is 4. The first-order valence-electron chi connectivity index (χ1n) is 8.14. The van der Waals surface area contributed by atoms with Crippen molar-refractivity contribution in [3.05, 3.63) is 58.1 Å². The Morgan fingerprint density at radius 2 is 2.12 bits per heavy atom. The number of aromatic hydroxyl groups is 1. The molecule has 24 heavy (non-hydrogen) atoms. The van der Waals surface area contributed by atoms with E-state index in [9.17, 15) is 9.90 Å². The fraction of sp³-hybridized carbons (Fsp3) is 0.316. The standard InChI is InChI=1S/C19H20ClNO3/c1-2-24-17-11-5-6-12-13(17)7-4-10-16(12)21-19(23)14-8-3-9-15(20)18(14)22/h3,5-6,8-9,11,16,22H,2,4,7,10H2,1H3,(H,21,23). The van der Waals surface area contributed by atoms with Crippen LogP contribution in [0.1, 0.15) is 47.3 Å². The number of amides is 1. The summed E-state index contributed by atoms with van der Waals surface area (Å²) in [5, 5.41) is 13.2. The van der Waals surface area contributed by atoms with Gasteiger partial charge in [-0.15, -0.1) is 0 Å². The number of carbonyl (C=O) groups is 1. The smallest absolute Gasteiger partial charge is 0.255 e. The third-order valence-electron chi connectivity index (χ3n) is 4.30. The second-order valence-corrected chi connectivity index (χ2v) is 6.22. The first-order chi connectivity index (χ1) is 11.6. The minimum Gasteiger partial charge on any atom is -0.506 e. The van der Waals surface area contributed by atoms with Crippen molar-refractivity contribution in [2.24, 2.45) is 0 Å². The summed E-state index contributed by atoms with van der Waals surface area (Å²) in [6, 6.07) is 10.6. The maximum Gasteiger partial charge on any atom is 0.255 e. The first-order valence-corrected chi connectivity index (χ1v) is 8.52. The topological polar surface area (TPSA) is 58.6 Å². The number of phenols is 1. The van der Waals surface area contributed by atoms with E-state index in [1.54, 1.807) is 18.2 Å². The number of hydrogen-bond acceptors (Lipinski definition) is 3. The molecule has 3 rings (SSSR count). The van der Waals surface area contributed by atoms with Gasteiger partial charge < -0.3 is 15.2 Å². The van der Waals surface area contributed by atoms with Gasteiger partial charge in [0.25, 0.3) is 5.91 Å². The van der Waals surface area contributed by atoms with E-state index in [2.05, 4.69) is 5.32 Å². The molecule has 0 radical (unpaired) electrons. The highest BCUT2D eigenvalue weighted by Crippen LogP contribution is 2.36. The molecule has 0 fully saturated rings. The van der Waals surface area contributed by atoms with Crippen molar-refractivity contribution in [3.63, 3.8) is 0 Å². The molecule has 1 atom stereocenters. The van der Waals surface area contributed by atoms with Crippen molar-refractivity contribution in [2.45, 2.75) is 32.2 Å². The third-order valence-corrected chi connectivity index (χ3v) is 4.61. The molecular formula is C19H20ClNO3. The van der Waals surface area contributed by atoms with Crippen LogP contribution in [0.2, 0.25) is 5.02 Å². The number of fused-ring (bicyclic) bond motifs is 1.